The standard InChI is InChI=1S/C20H21FN4O2/c21-15-4-1-5-16(9-15)24-19(27)25-8-6-20(13-25)10-17(20)18(26)23-12-14-3-2-7-22-11-14/h1-5,7,9,11,17H,6,8,10,12-13H2,(H,23,26)(H,24,27)/t17-,20+/m1/s1. The molecule has 4 rings (SSSR count). The van der Waals surface area contributed by atoms with E-state index in [9.17, 15) is 14.0 Å². The van der Waals surface area contributed by atoms with Gasteiger partial charge in [0.15, 0.2) is 0 Å². The third-order valence-electron chi connectivity index (χ3n) is 5.44. The van der Waals surface area contributed by atoms with Crippen molar-refractivity contribution in [3.8, 4) is 0 Å². The van der Waals surface area contributed by atoms with Gasteiger partial charge in [-0.25, -0.2) is 9.18 Å². The van der Waals surface area contributed by atoms with Gasteiger partial charge in [-0.15, -0.1) is 0 Å². The van der Waals surface area contributed by atoms with E-state index in [1.54, 1.807) is 29.4 Å². The number of nitrogens with zero attached hydrogens (tertiary/aromatic N) is 2. The molecule has 6 nitrogen and oxygen atoms in total. The topological polar surface area (TPSA) is 74.3 Å². The van der Waals surface area contributed by atoms with Crippen molar-refractivity contribution < 1.29 is 14.0 Å². The number of anilines is 1. The molecule has 140 valence electrons. The van der Waals surface area contributed by atoms with E-state index in [2.05, 4.69) is 15.6 Å². The van der Waals surface area contributed by atoms with Crippen molar-refractivity contribution in [1.29, 1.82) is 0 Å². The third kappa shape index (κ3) is 3.77. The molecule has 2 fully saturated rings. The first kappa shape index (κ1) is 17.5. The number of amides is 3. The number of aromatic nitrogens is 1. The van der Waals surface area contributed by atoms with Gasteiger partial charge in [-0.1, -0.05) is 12.1 Å². The average molecular weight is 368 g/mol. The predicted octanol–water partition coefficient (Wildman–Crippen LogP) is 2.78. The van der Waals surface area contributed by atoms with E-state index in [-0.39, 0.29) is 23.3 Å². The smallest absolute Gasteiger partial charge is 0.321 e. The number of hydrogen-bond donors (Lipinski definition) is 2. The number of urea groups is 1. The molecule has 0 unspecified atom stereocenters. The van der Waals surface area contributed by atoms with E-state index >= 15 is 0 Å². The fraction of sp³-hybridized carbons (Fsp3) is 0.350. The Morgan fingerprint density at radius 3 is 2.96 bits per heavy atom. The Hall–Kier alpha value is -2.96. The second-order valence-corrected chi connectivity index (χ2v) is 7.31. The molecule has 2 atom stereocenters. The molecule has 1 aromatic carbocycles. The molecule has 2 aromatic rings. The number of likely N-dealkylation sites (tertiary alicyclic amines) is 1. The number of hydrogen-bond acceptors (Lipinski definition) is 3. The van der Waals surface area contributed by atoms with Gasteiger partial charge < -0.3 is 15.5 Å². The lowest BCUT2D eigenvalue weighted by molar-refractivity contribution is -0.123. The maximum atomic E-state index is 13.2. The van der Waals surface area contributed by atoms with Gasteiger partial charge in [0.25, 0.3) is 0 Å². The van der Waals surface area contributed by atoms with Gasteiger partial charge in [0.2, 0.25) is 5.91 Å². The minimum absolute atomic E-state index is 0.0336. The van der Waals surface area contributed by atoms with Crippen LogP contribution < -0.4 is 10.6 Å². The summed E-state index contributed by atoms with van der Waals surface area (Å²) in [6, 6.07) is 9.34. The Balaban J connectivity index is 1.29. The Morgan fingerprint density at radius 2 is 2.19 bits per heavy atom. The highest BCUT2D eigenvalue weighted by Gasteiger charge is 2.61. The van der Waals surface area contributed by atoms with Gasteiger partial charge in [-0.2, -0.15) is 0 Å². The van der Waals surface area contributed by atoms with Gasteiger partial charge in [-0.3, -0.25) is 9.78 Å². The van der Waals surface area contributed by atoms with Crippen molar-refractivity contribution in [2.45, 2.75) is 19.4 Å². The van der Waals surface area contributed by atoms with Crippen LogP contribution in [-0.2, 0) is 11.3 Å². The number of halogens is 1. The summed E-state index contributed by atoms with van der Waals surface area (Å²) in [7, 11) is 0. The van der Waals surface area contributed by atoms with E-state index in [0.717, 1.165) is 18.4 Å². The number of pyridine rings is 1. The van der Waals surface area contributed by atoms with E-state index in [0.29, 0.717) is 25.3 Å². The minimum atomic E-state index is -0.391. The van der Waals surface area contributed by atoms with Crippen LogP contribution in [0.25, 0.3) is 0 Å². The maximum absolute atomic E-state index is 13.2. The summed E-state index contributed by atoms with van der Waals surface area (Å²) in [5.41, 5.74) is 1.28. The van der Waals surface area contributed by atoms with Crippen LogP contribution in [0.3, 0.4) is 0 Å². The minimum Gasteiger partial charge on any atom is -0.352 e. The van der Waals surface area contributed by atoms with Gasteiger partial charge in [0, 0.05) is 49.0 Å². The van der Waals surface area contributed by atoms with E-state index in [1.807, 2.05) is 12.1 Å². The fourth-order valence-electron chi connectivity index (χ4n) is 3.82. The molecule has 0 bridgehead atoms. The summed E-state index contributed by atoms with van der Waals surface area (Å²) >= 11 is 0. The molecular weight excluding hydrogens is 347 g/mol. The molecule has 1 aliphatic heterocycles. The SMILES string of the molecule is O=C(NCc1cccnc1)[C@H]1C[C@]12CCN(C(=O)Nc1cccc(F)c1)C2. The summed E-state index contributed by atoms with van der Waals surface area (Å²) in [6.07, 6.45) is 5.05. The first-order valence-corrected chi connectivity index (χ1v) is 9.04. The Morgan fingerprint density at radius 1 is 1.30 bits per heavy atom. The second kappa shape index (κ2) is 6.98. The van der Waals surface area contributed by atoms with Crippen LogP contribution in [0.5, 0.6) is 0 Å². The number of carbonyl (C=O) groups excluding carboxylic acids is 2. The first-order chi connectivity index (χ1) is 13.1. The lowest BCUT2D eigenvalue weighted by Crippen LogP contribution is -2.34. The molecule has 0 radical (unpaired) electrons. The van der Waals surface area contributed by atoms with Crippen LogP contribution in [0, 0.1) is 17.2 Å². The molecule has 1 saturated heterocycles. The van der Waals surface area contributed by atoms with Crippen LogP contribution in [0.2, 0.25) is 0 Å². The van der Waals surface area contributed by atoms with Crippen LogP contribution in [0.4, 0.5) is 14.9 Å². The fourth-order valence-corrected chi connectivity index (χ4v) is 3.82. The summed E-state index contributed by atoms with van der Waals surface area (Å²) in [4.78, 5) is 30.6. The Bertz CT molecular complexity index is 860. The zero-order valence-electron chi connectivity index (χ0n) is 14.8. The Kier molecular flexibility index (Phi) is 4.51. The predicted molar refractivity (Wildman–Crippen MR) is 98.2 cm³/mol. The lowest BCUT2D eigenvalue weighted by atomic mass is 10.0. The molecule has 2 N–H and O–H groups in total. The van der Waals surface area contributed by atoms with Gasteiger partial charge in [-0.05, 0) is 42.7 Å². The van der Waals surface area contributed by atoms with Crippen LogP contribution >= 0.6 is 0 Å². The summed E-state index contributed by atoms with van der Waals surface area (Å²) < 4.78 is 13.2. The van der Waals surface area contributed by atoms with Crippen LogP contribution in [-0.4, -0.2) is 34.9 Å². The average Bonchev–Trinajstić information content (AvgIpc) is 3.20. The Labute approximate surface area is 156 Å². The molecule has 1 saturated carbocycles. The molecule has 2 heterocycles. The van der Waals surface area contributed by atoms with Gasteiger partial charge in [0.05, 0.1) is 0 Å². The monoisotopic (exact) mass is 368 g/mol. The molecule has 2 aliphatic rings. The van der Waals surface area contributed by atoms with Crippen molar-refractivity contribution in [3.63, 3.8) is 0 Å². The lowest BCUT2D eigenvalue weighted by Gasteiger charge is -2.17. The number of rotatable bonds is 4. The highest BCUT2D eigenvalue weighted by molar-refractivity contribution is 5.90. The normalized spacial score (nSPS) is 23.3. The quantitative estimate of drug-likeness (QED) is 0.871. The van der Waals surface area contributed by atoms with Crippen molar-refractivity contribution in [3.05, 3.63) is 60.2 Å². The molecule has 7 heteroatoms. The van der Waals surface area contributed by atoms with Crippen LogP contribution in [0.15, 0.2) is 48.8 Å². The zero-order valence-corrected chi connectivity index (χ0v) is 14.8. The van der Waals surface area contributed by atoms with E-state index in [4.69, 9.17) is 0 Å². The first-order valence-electron chi connectivity index (χ1n) is 9.04. The summed E-state index contributed by atoms with van der Waals surface area (Å²) in [5.74, 6) is -0.411. The number of benzene rings is 1. The van der Waals surface area contributed by atoms with Crippen molar-refractivity contribution >= 4 is 17.6 Å². The van der Waals surface area contributed by atoms with Crippen LogP contribution in [0.1, 0.15) is 18.4 Å². The second-order valence-electron chi connectivity index (χ2n) is 7.31. The molecule has 1 aliphatic carbocycles. The molecule has 1 aromatic heterocycles. The zero-order chi connectivity index (χ0) is 18.9. The van der Waals surface area contributed by atoms with Crippen molar-refractivity contribution in [1.82, 2.24) is 15.2 Å². The largest absolute Gasteiger partial charge is 0.352 e. The molecule has 27 heavy (non-hydrogen) atoms. The van der Waals surface area contributed by atoms with Crippen molar-refractivity contribution in [2.24, 2.45) is 11.3 Å². The van der Waals surface area contributed by atoms with Gasteiger partial charge in [0.1, 0.15) is 5.82 Å². The van der Waals surface area contributed by atoms with E-state index < -0.39 is 5.82 Å². The highest BCUT2D eigenvalue weighted by Crippen LogP contribution is 2.58. The van der Waals surface area contributed by atoms with Crippen molar-refractivity contribution in [2.75, 3.05) is 18.4 Å². The van der Waals surface area contributed by atoms with E-state index in [1.165, 1.54) is 12.1 Å². The molecule has 1 spiro atoms. The van der Waals surface area contributed by atoms with Gasteiger partial charge >= 0.3 is 6.03 Å². The third-order valence-corrected chi connectivity index (χ3v) is 5.44. The number of nitrogens with one attached hydrogen (secondary N) is 2. The summed E-state index contributed by atoms with van der Waals surface area (Å²) in [6.45, 7) is 1.62. The highest BCUT2D eigenvalue weighted by atomic mass is 19.1. The maximum Gasteiger partial charge on any atom is 0.321 e. The summed E-state index contributed by atoms with van der Waals surface area (Å²) in [5, 5.41) is 5.68. The number of carbonyl (C=O) groups is 2. The molecular formula is C20H21FN4O2. The molecule has 3 amide bonds.